The number of ether oxygens (including phenoxy) is 1. The van der Waals surface area contributed by atoms with Crippen molar-refractivity contribution in [3.05, 3.63) is 46.2 Å². The number of aliphatic imine (C=N–C) groups is 1. The number of benzene rings is 1. The van der Waals surface area contributed by atoms with Crippen LogP contribution in [0.3, 0.4) is 0 Å². The molecule has 1 aromatic carbocycles. The maximum Gasteiger partial charge on any atom is 0.191 e. The van der Waals surface area contributed by atoms with Gasteiger partial charge in [0.15, 0.2) is 5.96 Å². The van der Waals surface area contributed by atoms with Crippen molar-refractivity contribution >= 4 is 17.3 Å². The van der Waals surface area contributed by atoms with Gasteiger partial charge in [0, 0.05) is 23.9 Å². The summed E-state index contributed by atoms with van der Waals surface area (Å²) in [6.07, 6.45) is -0.137. The van der Waals surface area contributed by atoms with Gasteiger partial charge in [-0.05, 0) is 19.1 Å². The average molecular weight is 379 g/mol. The zero-order valence-electron chi connectivity index (χ0n) is 16.0. The van der Waals surface area contributed by atoms with Crippen LogP contribution in [-0.2, 0) is 12.0 Å². The van der Waals surface area contributed by atoms with E-state index in [9.17, 15) is 4.39 Å². The van der Waals surface area contributed by atoms with Crippen molar-refractivity contribution in [2.24, 2.45) is 4.99 Å². The fourth-order valence-corrected chi connectivity index (χ4v) is 3.09. The fourth-order valence-electron chi connectivity index (χ4n) is 2.18. The Kier molecular flexibility index (Phi) is 6.97. The van der Waals surface area contributed by atoms with Gasteiger partial charge in [-0.15, -0.1) is 11.3 Å². The van der Waals surface area contributed by atoms with Crippen LogP contribution in [-0.4, -0.2) is 30.6 Å². The molecule has 1 atom stereocenters. The fraction of sp³-hybridized carbons (Fsp3) is 0.474. The molecule has 0 bridgehead atoms. The third kappa shape index (κ3) is 6.29. The zero-order valence-corrected chi connectivity index (χ0v) is 16.8. The number of halogens is 1. The minimum atomic E-state index is -0.307. The second kappa shape index (κ2) is 8.98. The first kappa shape index (κ1) is 20.2. The van der Waals surface area contributed by atoms with Crippen molar-refractivity contribution in [2.75, 3.05) is 13.6 Å². The summed E-state index contributed by atoms with van der Waals surface area (Å²) >= 11 is 1.67. The molecule has 26 heavy (non-hydrogen) atoms. The van der Waals surface area contributed by atoms with Gasteiger partial charge in [0.05, 0.1) is 23.8 Å². The van der Waals surface area contributed by atoms with Gasteiger partial charge >= 0.3 is 0 Å². The highest BCUT2D eigenvalue weighted by molar-refractivity contribution is 7.09. The van der Waals surface area contributed by atoms with Crippen LogP contribution in [0.25, 0.3) is 0 Å². The SMILES string of the molecule is CN=C(NCc1csc(C(C)(C)C)n1)NCC(C)Oc1cccc(F)c1. The van der Waals surface area contributed by atoms with Crippen molar-refractivity contribution in [1.82, 2.24) is 15.6 Å². The van der Waals surface area contributed by atoms with E-state index in [-0.39, 0.29) is 17.3 Å². The molecule has 0 aliphatic rings. The molecule has 142 valence electrons. The standard InChI is InChI=1S/C19H27FN4OS/c1-13(25-16-8-6-7-14(20)9-16)10-22-18(21-5)23-11-15-12-26-17(24-15)19(2,3)4/h6-9,12-13H,10-11H2,1-5H3,(H2,21,22,23). The molecule has 0 saturated carbocycles. The molecule has 2 N–H and O–H groups in total. The topological polar surface area (TPSA) is 58.5 Å². The van der Waals surface area contributed by atoms with Crippen LogP contribution in [0.4, 0.5) is 4.39 Å². The zero-order chi connectivity index (χ0) is 19.2. The lowest BCUT2D eigenvalue weighted by atomic mass is 9.98. The Balaban J connectivity index is 1.79. The summed E-state index contributed by atoms with van der Waals surface area (Å²) in [5.41, 5.74) is 1.05. The number of hydrogen-bond donors (Lipinski definition) is 2. The van der Waals surface area contributed by atoms with Crippen molar-refractivity contribution < 1.29 is 9.13 Å². The lowest BCUT2D eigenvalue weighted by molar-refractivity contribution is 0.223. The first-order valence-electron chi connectivity index (χ1n) is 8.59. The number of nitrogens with zero attached hydrogens (tertiary/aromatic N) is 2. The number of aromatic nitrogens is 1. The highest BCUT2D eigenvalue weighted by Crippen LogP contribution is 2.25. The van der Waals surface area contributed by atoms with Crippen molar-refractivity contribution in [3.63, 3.8) is 0 Å². The quantitative estimate of drug-likeness (QED) is 0.594. The summed E-state index contributed by atoms with van der Waals surface area (Å²) in [7, 11) is 1.72. The highest BCUT2D eigenvalue weighted by atomic mass is 32.1. The Hall–Kier alpha value is -2.15. The molecule has 1 aromatic heterocycles. The van der Waals surface area contributed by atoms with Crippen LogP contribution in [0.1, 0.15) is 38.4 Å². The van der Waals surface area contributed by atoms with Crippen LogP contribution >= 0.6 is 11.3 Å². The molecule has 7 heteroatoms. The van der Waals surface area contributed by atoms with Crippen LogP contribution in [0.5, 0.6) is 5.75 Å². The average Bonchev–Trinajstić information content (AvgIpc) is 3.04. The lowest BCUT2D eigenvalue weighted by Crippen LogP contribution is -2.41. The summed E-state index contributed by atoms with van der Waals surface area (Å²) in [6, 6.07) is 6.14. The van der Waals surface area contributed by atoms with Crippen LogP contribution in [0.2, 0.25) is 0 Å². The Bertz CT molecular complexity index is 739. The summed E-state index contributed by atoms with van der Waals surface area (Å²) in [5, 5.41) is 9.64. The molecule has 0 radical (unpaired) electrons. The molecular formula is C19H27FN4OS. The molecule has 0 saturated heterocycles. The largest absolute Gasteiger partial charge is 0.489 e. The van der Waals surface area contributed by atoms with Crippen molar-refractivity contribution in [2.45, 2.75) is 45.8 Å². The van der Waals surface area contributed by atoms with E-state index >= 15 is 0 Å². The van der Waals surface area contributed by atoms with E-state index in [1.165, 1.54) is 12.1 Å². The summed E-state index contributed by atoms with van der Waals surface area (Å²) < 4.78 is 18.9. The molecule has 0 aliphatic heterocycles. The molecule has 0 aliphatic carbocycles. The molecule has 1 heterocycles. The highest BCUT2D eigenvalue weighted by Gasteiger charge is 2.18. The number of guanidine groups is 1. The van der Waals surface area contributed by atoms with Gasteiger partial charge in [-0.25, -0.2) is 9.37 Å². The van der Waals surface area contributed by atoms with Gasteiger partial charge in [0.25, 0.3) is 0 Å². The van der Waals surface area contributed by atoms with E-state index in [0.29, 0.717) is 24.8 Å². The first-order chi connectivity index (χ1) is 12.3. The Morgan fingerprint density at radius 3 is 2.73 bits per heavy atom. The Morgan fingerprint density at radius 2 is 2.12 bits per heavy atom. The Labute approximate surface area is 158 Å². The van der Waals surface area contributed by atoms with Crippen LogP contribution in [0, 0.1) is 5.82 Å². The summed E-state index contributed by atoms with van der Waals surface area (Å²) in [5.74, 6) is 0.877. The van der Waals surface area contributed by atoms with E-state index in [2.05, 4.69) is 46.8 Å². The summed E-state index contributed by atoms with van der Waals surface area (Å²) in [4.78, 5) is 8.87. The van der Waals surface area contributed by atoms with Crippen LogP contribution < -0.4 is 15.4 Å². The molecule has 1 unspecified atom stereocenters. The maximum absolute atomic E-state index is 13.2. The van der Waals surface area contributed by atoms with Gasteiger partial charge in [-0.1, -0.05) is 26.8 Å². The van der Waals surface area contributed by atoms with Crippen molar-refractivity contribution in [1.29, 1.82) is 0 Å². The van der Waals surface area contributed by atoms with Crippen LogP contribution in [0.15, 0.2) is 34.6 Å². The third-order valence-corrected chi connectivity index (χ3v) is 4.86. The predicted molar refractivity (Wildman–Crippen MR) is 106 cm³/mol. The molecule has 5 nitrogen and oxygen atoms in total. The monoisotopic (exact) mass is 378 g/mol. The predicted octanol–water partition coefficient (Wildman–Crippen LogP) is 3.71. The minimum Gasteiger partial charge on any atom is -0.489 e. The molecular weight excluding hydrogens is 351 g/mol. The van der Waals surface area contributed by atoms with Gasteiger partial charge in [-0.3, -0.25) is 4.99 Å². The molecule has 2 aromatic rings. The smallest absolute Gasteiger partial charge is 0.191 e. The van der Waals surface area contributed by atoms with Gasteiger partial charge in [0.1, 0.15) is 17.7 Å². The second-order valence-electron chi connectivity index (χ2n) is 7.09. The molecule has 2 rings (SSSR count). The van der Waals surface area contributed by atoms with Gasteiger partial charge in [-0.2, -0.15) is 0 Å². The normalized spacial score (nSPS) is 13.4. The molecule has 0 fully saturated rings. The van der Waals surface area contributed by atoms with E-state index in [1.54, 1.807) is 30.5 Å². The van der Waals surface area contributed by atoms with Gasteiger partial charge < -0.3 is 15.4 Å². The van der Waals surface area contributed by atoms with E-state index < -0.39 is 0 Å². The van der Waals surface area contributed by atoms with E-state index in [4.69, 9.17) is 4.74 Å². The Morgan fingerprint density at radius 1 is 1.35 bits per heavy atom. The maximum atomic E-state index is 13.2. The van der Waals surface area contributed by atoms with E-state index in [1.807, 2.05) is 6.92 Å². The number of hydrogen-bond acceptors (Lipinski definition) is 4. The summed E-state index contributed by atoms with van der Waals surface area (Å²) in [6.45, 7) is 9.53. The number of nitrogens with one attached hydrogen (secondary N) is 2. The lowest BCUT2D eigenvalue weighted by Gasteiger charge is -2.17. The number of thiazole rings is 1. The van der Waals surface area contributed by atoms with Crippen molar-refractivity contribution in [3.8, 4) is 5.75 Å². The second-order valence-corrected chi connectivity index (χ2v) is 7.94. The molecule has 0 amide bonds. The number of rotatable bonds is 6. The molecule has 0 spiro atoms. The van der Waals surface area contributed by atoms with E-state index in [0.717, 1.165) is 10.7 Å². The first-order valence-corrected chi connectivity index (χ1v) is 9.47. The minimum absolute atomic E-state index is 0.0620. The third-order valence-electron chi connectivity index (χ3n) is 3.54. The van der Waals surface area contributed by atoms with Gasteiger partial charge in [0.2, 0.25) is 0 Å².